The van der Waals surface area contributed by atoms with Crippen LogP contribution in [0.15, 0.2) is 6.20 Å². The Morgan fingerprint density at radius 3 is 2.55 bits per heavy atom. The van der Waals surface area contributed by atoms with Crippen LogP contribution in [0.3, 0.4) is 0 Å². The average molecular weight is 152 g/mol. The Morgan fingerprint density at radius 2 is 2.18 bits per heavy atom. The molecular weight excluding hydrogens is 136 g/mol. The van der Waals surface area contributed by atoms with Crippen LogP contribution in [-0.2, 0) is 5.41 Å². The van der Waals surface area contributed by atoms with Crippen molar-refractivity contribution in [3.05, 3.63) is 17.7 Å². The van der Waals surface area contributed by atoms with Gasteiger partial charge in [-0.15, -0.1) is 0 Å². The van der Waals surface area contributed by atoms with Gasteiger partial charge in [0, 0.05) is 11.6 Å². The summed E-state index contributed by atoms with van der Waals surface area (Å²) in [6, 6.07) is 0. The number of imidazole rings is 1. The molecule has 62 valence electrons. The molecule has 0 saturated heterocycles. The number of hydrogen-bond donors (Lipinski definition) is 1. The molecule has 2 nitrogen and oxygen atoms in total. The molecule has 1 heterocycles. The molecule has 0 amide bonds. The van der Waals surface area contributed by atoms with Crippen molar-refractivity contribution in [2.45, 2.75) is 39.5 Å². The second-order valence-corrected chi connectivity index (χ2v) is 3.63. The number of aromatic nitrogens is 2. The second kappa shape index (κ2) is 2.68. The molecule has 0 aliphatic heterocycles. The van der Waals surface area contributed by atoms with Crippen molar-refractivity contribution in [3.8, 4) is 0 Å². The van der Waals surface area contributed by atoms with Crippen LogP contribution in [0.1, 0.15) is 38.7 Å². The van der Waals surface area contributed by atoms with Crippen molar-refractivity contribution in [2.75, 3.05) is 0 Å². The van der Waals surface area contributed by atoms with Crippen molar-refractivity contribution >= 4 is 0 Å². The first kappa shape index (κ1) is 8.31. The minimum atomic E-state index is 0.189. The third kappa shape index (κ3) is 1.62. The Bertz CT molecular complexity index is 235. The van der Waals surface area contributed by atoms with Gasteiger partial charge in [0.15, 0.2) is 0 Å². The van der Waals surface area contributed by atoms with E-state index < -0.39 is 0 Å². The van der Waals surface area contributed by atoms with Gasteiger partial charge in [0.2, 0.25) is 0 Å². The van der Waals surface area contributed by atoms with Gasteiger partial charge in [-0.1, -0.05) is 20.8 Å². The third-order valence-electron chi connectivity index (χ3n) is 2.23. The van der Waals surface area contributed by atoms with Crippen LogP contribution < -0.4 is 0 Å². The van der Waals surface area contributed by atoms with Gasteiger partial charge in [0.05, 0.1) is 5.69 Å². The van der Waals surface area contributed by atoms with Crippen molar-refractivity contribution < 1.29 is 0 Å². The SMILES string of the molecule is CCC(C)(C)c1nc(C)c[nH]1. The molecule has 0 bridgehead atoms. The predicted molar refractivity (Wildman–Crippen MR) is 46.6 cm³/mol. The fraction of sp³-hybridized carbons (Fsp3) is 0.667. The lowest BCUT2D eigenvalue weighted by molar-refractivity contribution is 0.477. The summed E-state index contributed by atoms with van der Waals surface area (Å²) in [7, 11) is 0. The molecule has 0 aliphatic carbocycles. The highest BCUT2D eigenvalue weighted by atomic mass is 14.9. The topological polar surface area (TPSA) is 28.7 Å². The summed E-state index contributed by atoms with van der Waals surface area (Å²) in [6.45, 7) is 8.58. The normalized spacial score (nSPS) is 12.0. The number of aryl methyl sites for hydroxylation is 1. The Morgan fingerprint density at radius 1 is 1.55 bits per heavy atom. The van der Waals surface area contributed by atoms with Crippen LogP contribution in [0.25, 0.3) is 0 Å². The highest BCUT2D eigenvalue weighted by Crippen LogP contribution is 2.23. The molecular formula is C9H16N2. The molecule has 0 radical (unpaired) electrons. The first-order valence-electron chi connectivity index (χ1n) is 4.09. The summed E-state index contributed by atoms with van der Waals surface area (Å²) < 4.78 is 0. The lowest BCUT2D eigenvalue weighted by Crippen LogP contribution is -2.17. The van der Waals surface area contributed by atoms with Gasteiger partial charge in [0.1, 0.15) is 5.82 Å². The maximum atomic E-state index is 4.40. The number of hydrogen-bond acceptors (Lipinski definition) is 1. The summed E-state index contributed by atoms with van der Waals surface area (Å²) in [4.78, 5) is 7.58. The summed E-state index contributed by atoms with van der Waals surface area (Å²) >= 11 is 0. The van der Waals surface area contributed by atoms with Crippen LogP contribution in [0.4, 0.5) is 0 Å². The fourth-order valence-corrected chi connectivity index (χ4v) is 0.928. The van der Waals surface area contributed by atoms with E-state index in [1.165, 1.54) is 0 Å². The third-order valence-corrected chi connectivity index (χ3v) is 2.23. The van der Waals surface area contributed by atoms with E-state index in [4.69, 9.17) is 0 Å². The lowest BCUT2D eigenvalue weighted by atomic mass is 9.90. The van der Waals surface area contributed by atoms with E-state index in [1.807, 2.05) is 13.1 Å². The van der Waals surface area contributed by atoms with Gasteiger partial charge in [-0.2, -0.15) is 0 Å². The predicted octanol–water partition coefficient (Wildman–Crippen LogP) is 2.41. The molecule has 0 unspecified atom stereocenters. The number of nitrogens with one attached hydrogen (secondary N) is 1. The maximum Gasteiger partial charge on any atom is 0.112 e. The Kier molecular flexibility index (Phi) is 2.03. The zero-order valence-electron chi connectivity index (χ0n) is 7.73. The standard InChI is InChI=1S/C9H16N2/c1-5-9(3,4)8-10-6-7(2)11-8/h6H,5H2,1-4H3,(H,10,11). The van der Waals surface area contributed by atoms with Gasteiger partial charge in [-0.25, -0.2) is 4.98 Å². The first-order valence-corrected chi connectivity index (χ1v) is 4.09. The molecule has 1 aromatic heterocycles. The molecule has 1 rings (SSSR count). The van der Waals surface area contributed by atoms with Crippen LogP contribution in [0.5, 0.6) is 0 Å². The summed E-state index contributed by atoms with van der Waals surface area (Å²) in [5.41, 5.74) is 1.26. The molecule has 0 saturated carbocycles. The minimum Gasteiger partial charge on any atom is -0.348 e. The van der Waals surface area contributed by atoms with E-state index in [0.717, 1.165) is 17.9 Å². The second-order valence-electron chi connectivity index (χ2n) is 3.63. The number of H-pyrrole nitrogens is 1. The summed E-state index contributed by atoms with van der Waals surface area (Å²) in [6.07, 6.45) is 3.06. The summed E-state index contributed by atoms with van der Waals surface area (Å²) in [5.74, 6) is 1.09. The molecule has 0 fully saturated rings. The van der Waals surface area contributed by atoms with E-state index in [0.29, 0.717) is 0 Å². The Hall–Kier alpha value is -0.790. The van der Waals surface area contributed by atoms with Gasteiger partial charge in [0.25, 0.3) is 0 Å². The Labute approximate surface area is 68.0 Å². The number of rotatable bonds is 2. The number of nitrogens with zero attached hydrogens (tertiary/aromatic N) is 1. The molecule has 0 aliphatic rings. The van der Waals surface area contributed by atoms with Gasteiger partial charge >= 0.3 is 0 Å². The van der Waals surface area contributed by atoms with E-state index in [2.05, 4.69) is 30.7 Å². The zero-order chi connectivity index (χ0) is 8.48. The monoisotopic (exact) mass is 152 g/mol. The maximum absolute atomic E-state index is 4.40. The quantitative estimate of drug-likeness (QED) is 0.692. The van der Waals surface area contributed by atoms with E-state index in [1.54, 1.807) is 0 Å². The molecule has 1 aromatic rings. The minimum absolute atomic E-state index is 0.189. The van der Waals surface area contributed by atoms with Crippen molar-refractivity contribution in [3.63, 3.8) is 0 Å². The summed E-state index contributed by atoms with van der Waals surface area (Å²) in [5, 5.41) is 0. The molecule has 2 heteroatoms. The fourth-order valence-electron chi connectivity index (χ4n) is 0.928. The first-order chi connectivity index (χ1) is 5.06. The van der Waals surface area contributed by atoms with Gasteiger partial charge in [-0.3, -0.25) is 0 Å². The molecule has 11 heavy (non-hydrogen) atoms. The van der Waals surface area contributed by atoms with Crippen molar-refractivity contribution in [1.82, 2.24) is 9.97 Å². The van der Waals surface area contributed by atoms with E-state index in [9.17, 15) is 0 Å². The van der Waals surface area contributed by atoms with Gasteiger partial charge < -0.3 is 4.98 Å². The van der Waals surface area contributed by atoms with Crippen LogP contribution in [0.2, 0.25) is 0 Å². The van der Waals surface area contributed by atoms with Crippen LogP contribution in [-0.4, -0.2) is 9.97 Å². The molecule has 0 atom stereocenters. The van der Waals surface area contributed by atoms with E-state index in [-0.39, 0.29) is 5.41 Å². The van der Waals surface area contributed by atoms with Crippen LogP contribution in [0, 0.1) is 6.92 Å². The Balaban J connectivity index is 2.92. The van der Waals surface area contributed by atoms with Crippen molar-refractivity contribution in [1.29, 1.82) is 0 Å². The number of aromatic amines is 1. The molecule has 1 N–H and O–H groups in total. The average Bonchev–Trinajstić information content (AvgIpc) is 2.36. The largest absolute Gasteiger partial charge is 0.348 e. The highest BCUT2D eigenvalue weighted by molar-refractivity contribution is 5.07. The molecule has 0 spiro atoms. The smallest absolute Gasteiger partial charge is 0.112 e. The highest BCUT2D eigenvalue weighted by Gasteiger charge is 2.20. The molecule has 0 aromatic carbocycles. The van der Waals surface area contributed by atoms with Crippen LogP contribution >= 0.6 is 0 Å². The van der Waals surface area contributed by atoms with Crippen molar-refractivity contribution in [2.24, 2.45) is 0 Å². The van der Waals surface area contributed by atoms with Gasteiger partial charge in [-0.05, 0) is 13.3 Å². The van der Waals surface area contributed by atoms with E-state index >= 15 is 0 Å². The zero-order valence-corrected chi connectivity index (χ0v) is 7.73. The lowest BCUT2D eigenvalue weighted by Gasteiger charge is -2.18.